The maximum atomic E-state index is 11.9. The monoisotopic (exact) mass is 313 g/mol. The summed E-state index contributed by atoms with van der Waals surface area (Å²) in [6, 6.07) is 10.8. The van der Waals surface area contributed by atoms with E-state index in [1.54, 1.807) is 18.2 Å². The quantitative estimate of drug-likeness (QED) is 0.693. The molecule has 0 atom stereocenters. The van der Waals surface area contributed by atoms with Crippen molar-refractivity contribution in [1.29, 1.82) is 0 Å². The molecule has 0 spiro atoms. The van der Waals surface area contributed by atoms with E-state index in [4.69, 9.17) is 9.47 Å². The fourth-order valence-corrected chi connectivity index (χ4v) is 1.96. The van der Waals surface area contributed by atoms with Crippen LogP contribution in [0.15, 0.2) is 47.5 Å². The number of rotatable bonds is 4. The van der Waals surface area contributed by atoms with Crippen molar-refractivity contribution in [1.82, 2.24) is 0 Å². The summed E-state index contributed by atoms with van der Waals surface area (Å²) in [6.45, 7) is 0. The SMILES string of the molecule is COC(=O)c1cccc(C(=O)OC)c1/C=N/c1ccc(O)cc1. The second-order valence-electron chi connectivity index (χ2n) is 4.52. The first kappa shape index (κ1) is 16.2. The van der Waals surface area contributed by atoms with Gasteiger partial charge in [-0.15, -0.1) is 0 Å². The summed E-state index contributed by atoms with van der Waals surface area (Å²) in [4.78, 5) is 28.0. The predicted octanol–water partition coefficient (Wildman–Crippen LogP) is 2.72. The molecule has 0 fully saturated rings. The van der Waals surface area contributed by atoms with Crippen molar-refractivity contribution in [3.63, 3.8) is 0 Å². The second-order valence-corrected chi connectivity index (χ2v) is 4.52. The number of hydrogen-bond acceptors (Lipinski definition) is 6. The lowest BCUT2D eigenvalue weighted by atomic mass is 10.0. The van der Waals surface area contributed by atoms with Crippen LogP contribution in [-0.2, 0) is 9.47 Å². The van der Waals surface area contributed by atoms with E-state index in [1.165, 1.54) is 44.7 Å². The van der Waals surface area contributed by atoms with Gasteiger partial charge in [0.1, 0.15) is 5.75 Å². The zero-order valence-corrected chi connectivity index (χ0v) is 12.6. The third-order valence-corrected chi connectivity index (χ3v) is 3.11. The van der Waals surface area contributed by atoms with Crippen molar-refractivity contribution in [3.05, 3.63) is 59.2 Å². The van der Waals surface area contributed by atoms with Gasteiger partial charge in [0.05, 0.1) is 31.0 Å². The van der Waals surface area contributed by atoms with Crippen LogP contribution in [0.2, 0.25) is 0 Å². The van der Waals surface area contributed by atoms with Crippen molar-refractivity contribution in [2.24, 2.45) is 4.99 Å². The number of phenols is 1. The molecule has 0 aliphatic heterocycles. The zero-order valence-electron chi connectivity index (χ0n) is 12.6. The first-order valence-electron chi connectivity index (χ1n) is 6.69. The highest BCUT2D eigenvalue weighted by molar-refractivity contribution is 6.07. The van der Waals surface area contributed by atoms with Gasteiger partial charge in [-0.3, -0.25) is 4.99 Å². The normalized spacial score (nSPS) is 10.5. The Balaban J connectivity index is 2.50. The van der Waals surface area contributed by atoms with Gasteiger partial charge in [-0.2, -0.15) is 0 Å². The summed E-state index contributed by atoms with van der Waals surface area (Å²) >= 11 is 0. The van der Waals surface area contributed by atoms with E-state index in [-0.39, 0.29) is 16.9 Å². The number of benzene rings is 2. The molecule has 0 saturated carbocycles. The van der Waals surface area contributed by atoms with Crippen LogP contribution in [0, 0.1) is 0 Å². The first-order valence-corrected chi connectivity index (χ1v) is 6.69. The zero-order chi connectivity index (χ0) is 16.8. The molecule has 2 rings (SSSR count). The van der Waals surface area contributed by atoms with Crippen LogP contribution in [0.3, 0.4) is 0 Å². The number of aliphatic imine (C=N–C) groups is 1. The number of aromatic hydroxyl groups is 1. The van der Waals surface area contributed by atoms with Gasteiger partial charge in [0, 0.05) is 11.8 Å². The van der Waals surface area contributed by atoms with Crippen LogP contribution in [-0.4, -0.2) is 37.5 Å². The Morgan fingerprint density at radius 2 is 1.48 bits per heavy atom. The number of methoxy groups -OCH3 is 2. The maximum Gasteiger partial charge on any atom is 0.338 e. The van der Waals surface area contributed by atoms with Crippen molar-refractivity contribution < 1.29 is 24.2 Å². The number of esters is 2. The predicted molar refractivity (Wildman–Crippen MR) is 84.5 cm³/mol. The highest BCUT2D eigenvalue weighted by atomic mass is 16.5. The third kappa shape index (κ3) is 3.74. The largest absolute Gasteiger partial charge is 0.508 e. The molecule has 2 aromatic rings. The van der Waals surface area contributed by atoms with Gasteiger partial charge in [0.25, 0.3) is 0 Å². The fraction of sp³-hybridized carbons (Fsp3) is 0.118. The van der Waals surface area contributed by atoms with Gasteiger partial charge in [0.2, 0.25) is 0 Å². The highest BCUT2D eigenvalue weighted by Gasteiger charge is 2.18. The number of carbonyl (C=O) groups is 2. The van der Waals surface area contributed by atoms with E-state index in [9.17, 15) is 14.7 Å². The Kier molecular flexibility index (Phi) is 5.09. The minimum atomic E-state index is -0.581. The number of ether oxygens (including phenoxy) is 2. The van der Waals surface area contributed by atoms with Gasteiger partial charge < -0.3 is 14.6 Å². The lowest BCUT2D eigenvalue weighted by molar-refractivity contribution is 0.0599. The van der Waals surface area contributed by atoms with Gasteiger partial charge in [-0.05, 0) is 36.4 Å². The molecule has 0 unspecified atom stereocenters. The number of phenolic OH excluding ortho intramolecular Hbond substituents is 1. The Morgan fingerprint density at radius 1 is 0.957 bits per heavy atom. The van der Waals surface area contributed by atoms with E-state index in [0.29, 0.717) is 11.3 Å². The van der Waals surface area contributed by atoms with Crippen LogP contribution in [0.5, 0.6) is 5.75 Å². The molecule has 0 heterocycles. The fourth-order valence-electron chi connectivity index (χ4n) is 1.96. The highest BCUT2D eigenvalue weighted by Crippen LogP contribution is 2.19. The van der Waals surface area contributed by atoms with E-state index in [2.05, 4.69) is 4.99 Å². The van der Waals surface area contributed by atoms with Crippen molar-refractivity contribution in [2.45, 2.75) is 0 Å². The van der Waals surface area contributed by atoms with Gasteiger partial charge >= 0.3 is 11.9 Å². The number of nitrogens with zero attached hydrogens (tertiary/aromatic N) is 1. The molecule has 0 aromatic heterocycles. The lowest BCUT2D eigenvalue weighted by Crippen LogP contribution is -2.12. The Labute approximate surface area is 133 Å². The van der Waals surface area contributed by atoms with Crippen LogP contribution >= 0.6 is 0 Å². The van der Waals surface area contributed by atoms with Crippen LogP contribution in [0.1, 0.15) is 26.3 Å². The van der Waals surface area contributed by atoms with Crippen LogP contribution in [0.4, 0.5) is 5.69 Å². The first-order chi connectivity index (χ1) is 11.1. The Bertz CT molecular complexity index is 716. The molecule has 0 saturated heterocycles. The maximum absolute atomic E-state index is 11.9. The van der Waals surface area contributed by atoms with Gasteiger partial charge in [-0.1, -0.05) is 6.07 Å². The molecule has 2 aromatic carbocycles. The second kappa shape index (κ2) is 7.22. The Morgan fingerprint density at radius 3 is 1.96 bits per heavy atom. The molecule has 118 valence electrons. The molecule has 0 aliphatic carbocycles. The molecular formula is C17H15NO5. The minimum Gasteiger partial charge on any atom is -0.508 e. The molecule has 1 N–H and O–H groups in total. The molecular weight excluding hydrogens is 298 g/mol. The molecule has 0 bridgehead atoms. The molecule has 23 heavy (non-hydrogen) atoms. The summed E-state index contributed by atoms with van der Waals surface area (Å²) in [5.74, 6) is -1.04. The van der Waals surface area contributed by atoms with Gasteiger partial charge in [-0.25, -0.2) is 9.59 Å². The summed E-state index contributed by atoms with van der Waals surface area (Å²) in [5.41, 5.74) is 1.27. The lowest BCUT2D eigenvalue weighted by Gasteiger charge is -2.08. The van der Waals surface area contributed by atoms with E-state index < -0.39 is 11.9 Å². The van der Waals surface area contributed by atoms with Crippen molar-refractivity contribution in [2.75, 3.05) is 14.2 Å². The average Bonchev–Trinajstić information content (AvgIpc) is 2.59. The summed E-state index contributed by atoms with van der Waals surface area (Å²) < 4.78 is 9.45. The third-order valence-electron chi connectivity index (χ3n) is 3.11. The van der Waals surface area contributed by atoms with Crippen molar-refractivity contribution >= 4 is 23.8 Å². The van der Waals surface area contributed by atoms with Gasteiger partial charge in [0.15, 0.2) is 0 Å². The smallest absolute Gasteiger partial charge is 0.338 e. The number of carbonyl (C=O) groups excluding carboxylic acids is 2. The molecule has 0 aliphatic rings. The summed E-state index contributed by atoms with van der Waals surface area (Å²) in [7, 11) is 2.52. The molecule has 0 radical (unpaired) electrons. The molecule has 6 heteroatoms. The summed E-state index contributed by atoms with van der Waals surface area (Å²) in [6.07, 6.45) is 1.39. The van der Waals surface area contributed by atoms with E-state index in [0.717, 1.165) is 0 Å². The minimum absolute atomic E-state index is 0.120. The average molecular weight is 313 g/mol. The topological polar surface area (TPSA) is 85.2 Å². The molecule has 6 nitrogen and oxygen atoms in total. The van der Waals surface area contributed by atoms with E-state index >= 15 is 0 Å². The van der Waals surface area contributed by atoms with Crippen LogP contribution < -0.4 is 0 Å². The van der Waals surface area contributed by atoms with Crippen LogP contribution in [0.25, 0.3) is 0 Å². The van der Waals surface area contributed by atoms with E-state index in [1.807, 2.05) is 0 Å². The molecule has 0 amide bonds. The number of hydrogen-bond donors (Lipinski definition) is 1. The Hall–Kier alpha value is -3.15. The van der Waals surface area contributed by atoms with Crippen molar-refractivity contribution in [3.8, 4) is 5.75 Å². The standard InChI is InChI=1S/C17H15NO5/c1-22-16(20)13-4-3-5-14(17(21)23-2)15(13)10-18-11-6-8-12(19)9-7-11/h3-10,19H,1-2H3/b18-10+. The summed E-state index contributed by atoms with van der Waals surface area (Å²) in [5, 5.41) is 9.27.